The molecule has 1 aliphatic carbocycles. The van der Waals surface area contributed by atoms with E-state index in [4.69, 9.17) is 29.7 Å². The molecule has 1 spiro atoms. The molecule has 18 heteroatoms. The Hall–Kier alpha value is -6.89. The molecule has 11 N–H and O–H groups in total. The summed E-state index contributed by atoms with van der Waals surface area (Å²) < 4.78 is 27.2. The van der Waals surface area contributed by atoms with Crippen molar-refractivity contribution in [2.45, 2.75) is 120 Å². The van der Waals surface area contributed by atoms with Crippen LogP contribution in [0.2, 0.25) is 0 Å². The lowest BCUT2D eigenvalue weighted by Crippen LogP contribution is -2.71. The van der Waals surface area contributed by atoms with E-state index in [1.807, 2.05) is 42.6 Å². The number of aryl methyl sites for hydroxylation is 1. The first-order valence-corrected chi connectivity index (χ1v) is 24.8. The first-order valence-electron chi connectivity index (χ1n) is 24.8. The predicted octanol–water partition coefficient (Wildman–Crippen LogP) is 5.96. The maximum atomic E-state index is 12.2. The van der Waals surface area contributed by atoms with Gasteiger partial charge >= 0.3 is 5.97 Å². The van der Waals surface area contributed by atoms with Crippen LogP contribution in [0.5, 0.6) is 28.7 Å². The van der Waals surface area contributed by atoms with Crippen molar-refractivity contribution in [2.75, 3.05) is 26.7 Å². The van der Waals surface area contributed by atoms with Crippen molar-refractivity contribution in [3.05, 3.63) is 120 Å². The van der Waals surface area contributed by atoms with E-state index in [1.54, 1.807) is 31.6 Å². The first-order chi connectivity index (χ1) is 34.4. The minimum Gasteiger partial charge on any atom is -0.504 e. The molecule has 3 aromatic heterocycles. The van der Waals surface area contributed by atoms with E-state index < -0.39 is 29.9 Å². The second kappa shape index (κ2) is 22.0. The minimum absolute atomic E-state index is 0.0240. The Kier molecular flexibility index (Phi) is 15.2. The highest BCUT2D eigenvalue weighted by molar-refractivity contribution is 5.83. The number of nitrogens with one attached hydrogen (secondary N) is 5. The number of aromatic hydroxyl groups is 3. The van der Waals surface area contributed by atoms with Gasteiger partial charge in [-0.05, 0) is 117 Å². The number of nitrogens with two attached hydrogens (primary N) is 1. The number of aromatic amines is 1. The van der Waals surface area contributed by atoms with Crippen molar-refractivity contribution in [2.24, 2.45) is 16.6 Å². The molecule has 2 saturated heterocycles. The Morgan fingerprint density at radius 2 is 1.94 bits per heavy atom. The maximum Gasteiger partial charge on any atom is 0.302 e. The lowest BCUT2D eigenvalue weighted by Gasteiger charge is -2.54. The van der Waals surface area contributed by atoms with Gasteiger partial charge in [-0.3, -0.25) is 20.1 Å². The van der Waals surface area contributed by atoms with Gasteiger partial charge in [-0.1, -0.05) is 18.2 Å². The normalized spacial score (nSPS) is 25.4. The van der Waals surface area contributed by atoms with E-state index in [1.165, 1.54) is 18.6 Å². The quantitative estimate of drug-likeness (QED) is 0.0211. The number of nitrogens with zero attached hydrogens (tertiary/aromatic N) is 3. The Morgan fingerprint density at radius 1 is 1.06 bits per heavy atom. The molecule has 3 fully saturated rings. The molecule has 378 valence electrons. The van der Waals surface area contributed by atoms with Crippen LogP contribution in [0.1, 0.15) is 93.7 Å². The smallest absolute Gasteiger partial charge is 0.302 e. The third kappa shape index (κ3) is 11.8. The van der Waals surface area contributed by atoms with Crippen LogP contribution in [0.3, 0.4) is 0 Å². The van der Waals surface area contributed by atoms with E-state index in [-0.39, 0.29) is 53.9 Å². The molecule has 0 amide bonds. The Labute approximate surface area is 413 Å². The van der Waals surface area contributed by atoms with Crippen molar-refractivity contribution in [1.29, 1.82) is 0 Å². The van der Waals surface area contributed by atoms with Crippen molar-refractivity contribution in [1.82, 2.24) is 35.8 Å². The van der Waals surface area contributed by atoms with Crippen LogP contribution in [-0.2, 0) is 27.1 Å². The average molecular weight is 974 g/mol. The summed E-state index contributed by atoms with van der Waals surface area (Å²) in [5, 5.41) is 59.4. The van der Waals surface area contributed by atoms with Gasteiger partial charge in [0, 0.05) is 82.1 Å². The van der Waals surface area contributed by atoms with Crippen LogP contribution in [0.15, 0.2) is 108 Å². The number of aliphatic imine (C=N–C) groups is 1. The molecule has 8 atom stereocenters. The van der Waals surface area contributed by atoms with E-state index in [0.29, 0.717) is 74.7 Å². The highest BCUT2D eigenvalue weighted by atomic mass is 16.6. The number of phenolic OH excluding ortho intramolecular Hbond substituents is 3. The van der Waals surface area contributed by atoms with Crippen molar-refractivity contribution < 1.29 is 44.2 Å². The van der Waals surface area contributed by atoms with Gasteiger partial charge in [0.15, 0.2) is 29.0 Å². The minimum atomic E-state index is -0.901. The molecule has 3 aliphatic heterocycles. The number of pyridine rings is 1. The van der Waals surface area contributed by atoms with Gasteiger partial charge in [-0.2, -0.15) is 0 Å². The topological polar surface area (TPSA) is 255 Å². The summed E-state index contributed by atoms with van der Waals surface area (Å²) in [4.78, 5) is 24.7. The lowest BCUT2D eigenvalue weighted by atomic mass is 9.68. The summed E-state index contributed by atoms with van der Waals surface area (Å²) in [6.45, 7) is 2.92. The maximum absolute atomic E-state index is 12.2. The molecule has 0 bridgehead atoms. The van der Waals surface area contributed by atoms with Gasteiger partial charge < -0.3 is 70.6 Å². The highest BCUT2D eigenvalue weighted by Crippen LogP contribution is 2.46. The molecule has 0 unspecified atom stereocenters. The largest absolute Gasteiger partial charge is 0.504 e. The summed E-state index contributed by atoms with van der Waals surface area (Å²) in [5.74, 6) is 0.361. The van der Waals surface area contributed by atoms with Crippen LogP contribution in [0.4, 0.5) is 0 Å². The van der Waals surface area contributed by atoms with Crippen LogP contribution >= 0.6 is 0 Å². The number of guanidine groups is 1. The van der Waals surface area contributed by atoms with E-state index in [2.05, 4.69) is 54.3 Å². The molecule has 0 radical (unpaired) electrons. The van der Waals surface area contributed by atoms with Gasteiger partial charge in [-0.25, -0.2) is 0 Å². The summed E-state index contributed by atoms with van der Waals surface area (Å²) in [6.07, 6.45) is 17.7. The molecule has 2 aromatic carbocycles. The van der Waals surface area contributed by atoms with Crippen LogP contribution < -0.4 is 36.5 Å². The number of dihydropyridines is 1. The van der Waals surface area contributed by atoms with E-state index in [9.17, 15) is 25.2 Å². The second-order valence-electron chi connectivity index (χ2n) is 19.2. The number of rotatable bonds is 18. The number of esters is 1. The third-order valence-corrected chi connectivity index (χ3v) is 14.2. The molecule has 9 rings (SSSR count). The summed E-state index contributed by atoms with van der Waals surface area (Å²) in [6, 6.07) is 14.3. The van der Waals surface area contributed by atoms with E-state index >= 15 is 0 Å². The zero-order valence-electron chi connectivity index (χ0n) is 40.4. The van der Waals surface area contributed by atoms with Crippen molar-refractivity contribution in [3.63, 3.8) is 0 Å². The SMILES string of the molecule is CN[C@H](O)[C@@H]1[C@@H](n2cc3cc[nH]c3c2)NC(=NCCCC2=CCNC(N)=C2)N[C@@]12CCC[C@H](Oc1cc(CC[C@H]3C[C@@H](OC(C)=O)C[C@@H](c4cc(O)c(O)c(OCCc5cccnc5)c4)O3)ccc1O)C2. The molecule has 18 nitrogen and oxygen atoms in total. The molecule has 6 heterocycles. The number of phenols is 3. The molecule has 71 heavy (non-hydrogen) atoms. The fourth-order valence-corrected chi connectivity index (χ4v) is 10.8. The number of carbonyl (C=O) groups is 1. The zero-order chi connectivity index (χ0) is 49.5. The lowest BCUT2D eigenvalue weighted by molar-refractivity contribution is -0.160. The number of H-pyrrole nitrogens is 1. The van der Waals surface area contributed by atoms with Gasteiger partial charge in [0.2, 0.25) is 5.75 Å². The van der Waals surface area contributed by atoms with Crippen molar-refractivity contribution in [3.8, 4) is 28.7 Å². The van der Waals surface area contributed by atoms with Crippen LogP contribution in [0.25, 0.3) is 10.9 Å². The number of allylic oxidation sites excluding steroid dienone is 2. The number of fused-ring (bicyclic) bond motifs is 1. The number of carbonyl (C=O) groups excluding carboxylic acids is 1. The number of ether oxygens (including phenoxy) is 4. The number of hydrogen-bond acceptors (Lipinski definition) is 14. The Morgan fingerprint density at radius 3 is 2.75 bits per heavy atom. The third-order valence-electron chi connectivity index (χ3n) is 14.2. The second-order valence-corrected chi connectivity index (χ2v) is 19.2. The summed E-state index contributed by atoms with van der Waals surface area (Å²) in [5.41, 5.74) is 10.0. The molecular weight excluding hydrogens is 907 g/mol. The molecule has 1 saturated carbocycles. The molecule has 5 aromatic rings. The van der Waals surface area contributed by atoms with Gasteiger partial charge in [0.1, 0.15) is 24.6 Å². The Balaban J connectivity index is 0.898. The number of benzene rings is 2. The molecular formula is C53H67N9O9. The van der Waals surface area contributed by atoms with Gasteiger partial charge in [-0.15, -0.1) is 0 Å². The number of hydrogen-bond donors (Lipinski definition) is 10. The van der Waals surface area contributed by atoms with Crippen molar-refractivity contribution >= 4 is 22.8 Å². The number of aliphatic hydroxyl groups excluding tert-OH is 1. The zero-order valence-corrected chi connectivity index (χ0v) is 40.4. The standard InChI is InChI=1S/C53H67N9O9/c1-32(63)69-40-26-38(70-44(27-40)37-24-43(65)49(66)46(25-37)68-21-15-35-7-4-17-56-29-35)11-9-34-10-12-42(64)45(22-34)71-39-8-3-16-53(28-39)48(51(67)55-2)50(62-30-36-14-20-57-41(36)31-62)60-52(61-53)59-18-5-6-33-13-19-58-47(54)23-33/h4,7,10,12-14,17,20,22-25,29-31,38-40,44,48,50-51,55,57-58,64-67H,3,5-6,8-9,11,15-16,18-19,21,26-28,54H2,1-2H3,(H2,59,60,61)/t38-,39-,40+,44-,48-,50+,51+,53+/m0/s1. The van der Waals surface area contributed by atoms with Gasteiger partial charge in [0.25, 0.3) is 0 Å². The first kappa shape index (κ1) is 49.1. The Bertz CT molecular complexity index is 2690. The summed E-state index contributed by atoms with van der Waals surface area (Å²) in [7, 11) is 1.77. The highest BCUT2D eigenvalue weighted by Gasteiger charge is 2.54. The average Bonchev–Trinajstić information content (AvgIpc) is 3.98. The number of aliphatic hydroxyl groups is 1. The van der Waals surface area contributed by atoms with Gasteiger partial charge in [0.05, 0.1) is 41.6 Å². The van der Waals surface area contributed by atoms with Crippen LogP contribution in [0, 0.1) is 5.92 Å². The number of aromatic nitrogens is 3. The monoisotopic (exact) mass is 974 g/mol. The predicted molar refractivity (Wildman–Crippen MR) is 268 cm³/mol. The van der Waals surface area contributed by atoms with E-state index in [0.717, 1.165) is 54.1 Å². The van der Waals surface area contributed by atoms with Crippen LogP contribution in [-0.4, -0.2) is 104 Å². The fourth-order valence-electron chi connectivity index (χ4n) is 10.8. The fraction of sp³-hybridized carbons (Fsp3) is 0.453. The molecule has 4 aliphatic rings. The summed E-state index contributed by atoms with van der Waals surface area (Å²) >= 11 is 0.